The van der Waals surface area contributed by atoms with Gasteiger partial charge in [-0.2, -0.15) is 0 Å². The Hall–Kier alpha value is -4.69. The number of ether oxygens (including phenoxy) is 1. The van der Waals surface area contributed by atoms with Crippen LogP contribution in [0.2, 0.25) is 0 Å². The second kappa shape index (κ2) is 16.6. The molecule has 46 heavy (non-hydrogen) atoms. The summed E-state index contributed by atoms with van der Waals surface area (Å²) >= 11 is 0. The number of aliphatic hydroxyl groups is 1. The maximum absolute atomic E-state index is 13.8. The molecule has 4 N–H and O–H groups in total. The first-order valence-electron chi connectivity index (χ1n) is 16.1. The number of benzene rings is 3. The highest BCUT2D eigenvalue weighted by Gasteiger charge is 2.28. The van der Waals surface area contributed by atoms with Crippen molar-refractivity contribution in [3.63, 3.8) is 0 Å². The smallest absolute Gasteiger partial charge is 0.309 e. The average Bonchev–Trinajstić information content (AvgIpc) is 3.48. The summed E-state index contributed by atoms with van der Waals surface area (Å²) in [4.78, 5) is 43.6. The molecule has 2 amide bonds. The zero-order valence-electron chi connectivity index (χ0n) is 26.1. The Morgan fingerprint density at radius 3 is 2.37 bits per heavy atom. The fourth-order valence-corrected chi connectivity index (χ4v) is 6.07. The van der Waals surface area contributed by atoms with Crippen molar-refractivity contribution in [3.8, 4) is 0 Å². The summed E-state index contributed by atoms with van der Waals surface area (Å²) in [6.07, 6.45) is 8.96. The topological polar surface area (TPSA) is 121 Å². The van der Waals surface area contributed by atoms with Crippen LogP contribution < -0.4 is 10.6 Å². The molecule has 3 aromatic carbocycles. The SMILES string of the molecule is O=C(C[C@H]1CC=CCC[C@H](Cc2ccccc2)C(=O)OC[C@H](Cc2c[nH]c3ccccc23)NC1=O)N[C@@H](CO)Cc1ccccc1. The van der Waals surface area contributed by atoms with Crippen LogP contribution in [0.5, 0.6) is 0 Å². The predicted octanol–water partition coefficient (Wildman–Crippen LogP) is 5.06. The Morgan fingerprint density at radius 1 is 0.891 bits per heavy atom. The summed E-state index contributed by atoms with van der Waals surface area (Å²) in [5.74, 6) is -1.80. The Kier molecular flexibility index (Phi) is 11.8. The summed E-state index contributed by atoms with van der Waals surface area (Å²) in [6.45, 7) is -0.189. The molecule has 5 rings (SSSR count). The number of nitrogens with one attached hydrogen (secondary N) is 3. The Labute approximate surface area is 270 Å². The number of H-pyrrole nitrogens is 1. The van der Waals surface area contributed by atoms with Crippen LogP contribution in [0, 0.1) is 11.8 Å². The first kappa shape index (κ1) is 32.7. The van der Waals surface area contributed by atoms with Crippen molar-refractivity contribution in [2.75, 3.05) is 13.2 Å². The van der Waals surface area contributed by atoms with E-state index in [1.165, 1.54) is 0 Å². The highest BCUT2D eigenvalue weighted by molar-refractivity contribution is 5.87. The van der Waals surface area contributed by atoms with Gasteiger partial charge < -0.3 is 25.5 Å². The molecule has 1 aliphatic heterocycles. The molecule has 240 valence electrons. The van der Waals surface area contributed by atoms with Gasteiger partial charge in [0.1, 0.15) is 6.61 Å². The number of aromatic amines is 1. The molecule has 0 aliphatic carbocycles. The van der Waals surface area contributed by atoms with Crippen molar-refractivity contribution in [2.45, 2.75) is 57.0 Å². The minimum atomic E-state index is -0.630. The van der Waals surface area contributed by atoms with E-state index in [0.29, 0.717) is 38.5 Å². The molecule has 8 heteroatoms. The molecular weight excluding hydrogens is 578 g/mol. The van der Waals surface area contributed by atoms with E-state index < -0.39 is 18.0 Å². The summed E-state index contributed by atoms with van der Waals surface area (Å²) < 4.78 is 5.91. The molecule has 0 saturated carbocycles. The largest absolute Gasteiger partial charge is 0.463 e. The Balaban J connectivity index is 1.32. The number of esters is 1. The van der Waals surface area contributed by atoms with Crippen LogP contribution in [0.15, 0.2) is 103 Å². The van der Waals surface area contributed by atoms with E-state index in [2.05, 4.69) is 15.6 Å². The number of carbonyl (C=O) groups is 3. The molecule has 0 fully saturated rings. The van der Waals surface area contributed by atoms with Crippen LogP contribution in [0.25, 0.3) is 10.9 Å². The number of fused-ring (bicyclic) bond motifs is 1. The Morgan fingerprint density at radius 2 is 1.61 bits per heavy atom. The standard InChI is InChI=1S/C38H43N3O5/c42-25-32(21-28-14-6-2-7-15-28)40-36(43)23-29-16-8-3-9-17-30(20-27-12-4-1-5-13-27)38(45)46-26-33(41-37(29)44)22-31-24-39-35-19-11-10-18-34(31)35/h1-8,10-15,18-19,24,29-30,32-33,39,42H,9,16-17,20-23,25-26H2,(H,40,43)(H,41,44)/t29-,30-,32-,33+/m1/s1. The van der Waals surface area contributed by atoms with Crippen LogP contribution in [0.1, 0.15) is 42.4 Å². The molecule has 0 radical (unpaired) electrons. The summed E-state index contributed by atoms with van der Waals surface area (Å²) in [6, 6.07) is 26.6. The lowest BCUT2D eigenvalue weighted by molar-refractivity contribution is -0.150. The van der Waals surface area contributed by atoms with Crippen LogP contribution in [0.4, 0.5) is 0 Å². The lowest BCUT2D eigenvalue weighted by Gasteiger charge is -2.24. The molecule has 4 atom stereocenters. The summed E-state index contributed by atoms with van der Waals surface area (Å²) in [5.41, 5.74) is 4.07. The van der Waals surface area contributed by atoms with Gasteiger partial charge in [-0.3, -0.25) is 14.4 Å². The molecule has 0 bridgehead atoms. The second-order valence-electron chi connectivity index (χ2n) is 12.1. The third kappa shape index (κ3) is 9.41. The third-order valence-electron chi connectivity index (χ3n) is 8.55. The lowest BCUT2D eigenvalue weighted by Crippen LogP contribution is -2.45. The van der Waals surface area contributed by atoms with Gasteiger partial charge in [-0.25, -0.2) is 0 Å². The van der Waals surface area contributed by atoms with Crippen molar-refractivity contribution < 1.29 is 24.2 Å². The van der Waals surface area contributed by atoms with Crippen LogP contribution in [0.3, 0.4) is 0 Å². The van der Waals surface area contributed by atoms with Crippen LogP contribution in [-0.4, -0.2) is 53.2 Å². The number of para-hydroxylation sites is 1. The predicted molar refractivity (Wildman–Crippen MR) is 179 cm³/mol. The highest BCUT2D eigenvalue weighted by Crippen LogP contribution is 2.22. The van der Waals surface area contributed by atoms with Gasteiger partial charge >= 0.3 is 5.97 Å². The van der Waals surface area contributed by atoms with E-state index in [-0.39, 0.29) is 43.3 Å². The van der Waals surface area contributed by atoms with Crippen molar-refractivity contribution in [1.82, 2.24) is 15.6 Å². The second-order valence-corrected chi connectivity index (χ2v) is 12.1. The van der Waals surface area contributed by atoms with Gasteiger partial charge in [0, 0.05) is 23.5 Å². The molecular formula is C38H43N3O5. The maximum Gasteiger partial charge on any atom is 0.309 e. The first-order chi connectivity index (χ1) is 22.5. The molecule has 1 aromatic heterocycles. The van der Waals surface area contributed by atoms with E-state index in [1.807, 2.05) is 103 Å². The van der Waals surface area contributed by atoms with Crippen molar-refractivity contribution in [2.24, 2.45) is 11.8 Å². The molecule has 0 saturated heterocycles. The van der Waals surface area contributed by atoms with Gasteiger partial charge in [-0.1, -0.05) is 91.0 Å². The molecule has 0 unspecified atom stereocenters. The molecule has 8 nitrogen and oxygen atoms in total. The lowest BCUT2D eigenvalue weighted by atomic mass is 9.94. The number of carbonyl (C=O) groups excluding carboxylic acids is 3. The van der Waals surface area contributed by atoms with E-state index >= 15 is 0 Å². The fourth-order valence-electron chi connectivity index (χ4n) is 6.07. The van der Waals surface area contributed by atoms with Gasteiger partial charge in [0.15, 0.2) is 0 Å². The Bertz CT molecular complexity index is 1600. The number of amides is 2. The van der Waals surface area contributed by atoms with E-state index in [4.69, 9.17) is 4.74 Å². The van der Waals surface area contributed by atoms with Crippen molar-refractivity contribution in [1.29, 1.82) is 0 Å². The number of hydrogen-bond acceptors (Lipinski definition) is 5. The summed E-state index contributed by atoms with van der Waals surface area (Å²) in [5, 5.41) is 17.0. The zero-order chi connectivity index (χ0) is 32.1. The normalized spacial score (nSPS) is 20.1. The number of rotatable bonds is 10. The van der Waals surface area contributed by atoms with Crippen molar-refractivity contribution >= 4 is 28.7 Å². The molecule has 0 spiro atoms. The molecule has 4 aromatic rings. The summed E-state index contributed by atoms with van der Waals surface area (Å²) in [7, 11) is 0. The number of cyclic esters (lactones) is 1. The van der Waals surface area contributed by atoms with Gasteiger partial charge in [0.2, 0.25) is 11.8 Å². The minimum Gasteiger partial charge on any atom is -0.463 e. The molecule has 2 heterocycles. The monoisotopic (exact) mass is 621 g/mol. The minimum absolute atomic E-state index is 0.0192. The first-order valence-corrected chi connectivity index (χ1v) is 16.1. The fraction of sp³-hybridized carbons (Fsp3) is 0.342. The number of hydrogen-bond donors (Lipinski definition) is 4. The van der Waals surface area contributed by atoms with Gasteiger partial charge in [0.25, 0.3) is 0 Å². The zero-order valence-corrected chi connectivity index (χ0v) is 26.1. The van der Waals surface area contributed by atoms with Crippen LogP contribution in [-0.2, 0) is 38.4 Å². The van der Waals surface area contributed by atoms with E-state index in [9.17, 15) is 19.5 Å². The van der Waals surface area contributed by atoms with Gasteiger partial charge in [-0.15, -0.1) is 0 Å². The van der Waals surface area contributed by atoms with Crippen LogP contribution >= 0.6 is 0 Å². The maximum atomic E-state index is 13.8. The van der Waals surface area contributed by atoms with Gasteiger partial charge in [0.05, 0.1) is 30.5 Å². The number of allylic oxidation sites excluding steroid dienone is 2. The number of aliphatic hydroxyl groups excluding tert-OH is 1. The van der Waals surface area contributed by atoms with Crippen molar-refractivity contribution in [3.05, 3.63) is 120 Å². The number of aromatic nitrogens is 1. The molecule has 1 aliphatic rings. The highest BCUT2D eigenvalue weighted by atomic mass is 16.5. The van der Waals surface area contributed by atoms with E-state index in [1.54, 1.807) is 0 Å². The van der Waals surface area contributed by atoms with E-state index in [0.717, 1.165) is 27.6 Å². The average molecular weight is 622 g/mol. The quantitative estimate of drug-likeness (QED) is 0.146. The van der Waals surface area contributed by atoms with Gasteiger partial charge in [-0.05, 0) is 61.3 Å². The third-order valence-corrected chi connectivity index (χ3v) is 8.55.